The second-order valence-electron chi connectivity index (χ2n) is 7.74. The second kappa shape index (κ2) is 9.01. The summed E-state index contributed by atoms with van der Waals surface area (Å²) in [5.74, 6) is 0.130. The average molecular weight is 444 g/mol. The number of aromatic nitrogens is 3. The lowest BCUT2D eigenvalue weighted by molar-refractivity contribution is -0.113. The van der Waals surface area contributed by atoms with Crippen molar-refractivity contribution in [2.75, 3.05) is 11.1 Å². The van der Waals surface area contributed by atoms with E-state index in [1.54, 1.807) is 11.4 Å². The number of anilines is 1. The normalized spacial score (nSPS) is 11.5. The number of thioether (sulfide) groups is 1. The Kier molecular flexibility index (Phi) is 6.62. The summed E-state index contributed by atoms with van der Waals surface area (Å²) >= 11 is 2.57. The molecule has 3 rings (SSSR count). The maximum absolute atomic E-state index is 12.3. The molecule has 0 saturated carbocycles. The minimum absolute atomic E-state index is 0.0856. The zero-order valence-corrected chi connectivity index (χ0v) is 19.1. The number of benzene rings is 1. The zero-order chi connectivity index (χ0) is 21.9. The van der Waals surface area contributed by atoms with E-state index in [1.165, 1.54) is 28.7 Å². The fraction of sp³-hybridized carbons (Fsp3) is 0.333. The molecule has 0 saturated heterocycles. The van der Waals surface area contributed by atoms with E-state index in [2.05, 4.69) is 60.6 Å². The van der Waals surface area contributed by atoms with Gasteiger partial charge in [-0.05, 0) is 29.3 Å². The highest BCUT2D eigenvalue weighted by Gasteiger charge is 2.18. The summed E-state index contributed by atoms with van der Waals surface area (Å²) in [5.41, 5.74) is 7.96. The summed E-state index contributed by atoms with van der Waals surface area (Å²) in [6, 6.07) is 9.93. The highest BCUT2D eigenvalue weighted by atomic mass is 32.2. The Labute approximate surface area is 184 Å². The molecule has 3 aromatic rings. The van der Waals surface area contributed by atoms with Gasteiger partial charge in [0.2, 0.25) is 5.91 Å². The lowest BCUT2D eigenvalue weighted by Gasteiger charge is -2.19. The van der Waals surface area contributed by atoms with Gasteiger partial charge in [-0.1, -0.05) is 56.8 Å². The maximum atomic E-state index is 12.3. The number of nitrogens with one attached hydrogen (secondary N) is 1. The van der Waals surface area contributed by atoms with E-state index < -0.39 is 5.91 Å². The Morgan fingerprint density at radius 1 is 1.17 bits per heavy atom. The smallest absolute Gasteiger partial charge is 0.251 e. The molecule has 0 aliphatic heterocycles. The second-order valence-corrected chi connectivity index (χ2v) is 9.60. The Bertz CT molecular complexity index is 1050. The molecule has 2 aromatic heterocycles. The number of amides is 2. The topological polar surface area (TPSA) is 103 Å². The molecule has 7 nitrogen and oxygen atoms in total. The molecule has 9 heteroatoms. The van der Waals surface area contributed by atoms with E-state index in [0.717, 1.165) is 11.4 Å². The first-order chi connectivity index (χ1) is 14.2. The van der Waals surface area contributed by atoms with Crippen molar-refractivity contribution >= 4 is 39.9 Å². The van der Waals surface area contributed by atoms with Crippen LogP contribution in [0.5, 0.6) is 0 Å². The summed E-state index contributed by atoms with van der Waals surface area (Å²) in [7, 11) is 0. The molecule has 0 unspecified atom stereocenters. The van der Waals surface area contributed by atoms with E-state index in [9.17, 15) is 9.59 Å². The first-order valence-corrected chi connectivity index (χ1v) is 11.4. The number of primary amides is 1. The molecule has 0 aliphatic rings. The number of carbonyl (C=O) groups excluding carboxylic acids is 2. The Balaban J connectivity index is 1.70. The van der Waals surface area contributed by atoms with Crippen LogP contribution in [-0.4, -0.2) is 32.3 Å². The number of carbonyl (C=O) groups is 2. The SMILES string of the molecule is CCn1c(SCC(=O)Nc2sccc2C(N)=O)nnc1-c1ccc(C(C)(C)C)cc1. The van der Waals surface area contributed by atoms with E-state index in [4.69, 9.17) is 5.73 Å². The van der Waals surface area contributed by atoms with Crippen LogP contribution in [0.1, 0.15) is 43.6 Å². The molecular formula is C21H25N5O2S2. The highest BCUT2D eigenvalue weighted by Crippen LogP contribution is 2.28. The fourth-order valence-electron chi connectivity index (χ4n) is 2.91. The predicted molar refractivity (Wildman–Crippen MR) is 122 cm³/mol. The van der Waals surface area contributed by atoms with Crippen molar-refractivity contribution in [1.29, 1.82) is 0 Å². The third kappa shape index (κ3) is 4.91. The maximum Gasteiger partial charge on any atom is 0.251 e. The van der Waals surface area contributed by atoms with Gasteiger partial charge < -0.3 is 15.6 Å². The molecule has 30 heavy (non-hydrogen) atoms. The first kappa shape index (κ1) is 22.0. The molecule has 0 fully saturated rings. The van der Waals surface area contributed by atoms with Crippen LogP contribution >= 0.6 is 23.1 Å². The molecule has 0 spiro atoms. The number of nitrogens with zero attached hydrogens (tertiary/aromatic N) is 3. The van der Waals surface area contributed by atoms with Gasteiger partial charge in [0.15, 0.2) is 11.0 Å². The van der Waals surface area contributed by atoms with Gasteiger partial charge in [-0.15, -0.1) is 21.5 Å². The van der Waals surface area contributed by atoms with Crippen molar-refractivity contribution in [2.45, 2.75) is 44.8 Å². The van der Waals surface area contributed by atoms with Crippen LogP contribution in [-0.2, 0) is 16.8 Å². The summed E-state index contributed by atoms with van der Waals surface area (Å²) in [6.07, 6.45) is 0. The number of rotatable bonds is 7. The number of thiophene rings is 1. The molecule has 0 bridgehead atoms. The number of hydrogen-bond donors (Lipinski definition) is 2. The fourth-order valence-corrected chi connectivity index (χ4v) is 4.52. The molecule has 2 heterocycles. The average Bonchev–Trinajstić information content (AvgIpc) is 3.32. The summed E-state index contributed by atoms with van der Waals surface area (Å²) in [5, 5.41) is 14.2. The van der Waals surface area contributed by atoms with Crippen LogP contribution in [0.25, 0.3) is 11.4 Å². The van der Waals surface area contributed by atoms with E-state index in [-0.39, 0.29) is 17.1 Å². The molecule has 2 amide bonds. The van der Waals surface area contributed by atoms with Crippen molar-refractivity contribution < 1.29 is 9.59 Å². The number of hydrogen-bond acceptors (Lipinski definition) is 6. The molecule has 0 atom stereocenters. The van der Waals surface area contributed by atoms with Gasteiger partial charge in [0, 0.05) is 12.1 Å². The third-order valence-corrected chi connectivity index (χ3v) is 6.35. The largest absolute Gasteiger partial charge is 0.366 e. The highest BCUT2D eigenvalue weighted by molar-refractivity contribution is 7.99. The van der Waals surface area contributed by atoms with E-state index >= 15 is 0 Å². The molecule has 0 radical (unpaired) electrons. The van der Waals surface area contributed by atoms with Crippen molar-refractivity contribution in [3.63, 3.8) is 0 Å². The van der Waals surface area contributed by atoms with Gasteiger partial charge in [0.05, 0.1) is 11.3 Å². The molecule has 1 aromatic carbocycles. The van der Waals surface area contributed by atoms with Crippen LogP contribution in [0.4, 0.5) is 5.00 Å². The van der Waals surface area contributed by atoms with E-state index in [1.807, 2.05) is 11.5 Å². The summed E-state index contributed by atoms with van der Waals surface area (Å²) < 4.78 is 1.99. The number of nitrogens with two attached hydrogens (primary N) is 1. The lowest BCUT2D eigenvalue weighted by atomic mass is 9.87. The quantitative estimate of drug-likeness (QED) is 0.534. The molecule has 158 valence electrons. The van der Waals surface area contributed by atoms with Gasteiger partial charge in [-0.2, -0.15) is 0 Å². The molecule has 3 N–H and O–H groups in total. The predicted octanol–water partition coefficient (Wildman–Crippen LogP) is 4.15. The summed E-state index contributed by atoms with van der Waals surface area (Å²) in [4.78, 5) is 23.7. The van der Waals surface area contributed by atoms with Crippen molar-refractivity contribution in [2.24, 2.45) is 5.73 Å². The van der Waals surface area contributed by atoms with Crippen LogP contribution in [0.3, 0.4) is 0 Å². The first-order valence-electron chi connectivity index (χ1n) is 9.54. The van der Waals surface area contributed by atoms with Gasteiger partial charge in [-0.3, -0.25) is 9.59 Å². The van der Waals surface area contributed by atoms with Crippen LogP contribution < -0.4 is 11.1 Å². The molecular weight excluding hydrogens is 418 g/mol. The van der Waals surface area contributed by atoms with Crippen LogP contribution in [0.15, 0.2) is 40.9 Å². The van der Waals surface area contributed by atoms with Crippen molar-refractivity contribution in [1.82, 2.24) is 14.8 Å². The van der Waals surface area contributed by atoms with Gasteiger partial charge in [-0.25, -0.2) is 0 Å². The monoisotopic (exact) mass is 443 g/mol. The van der Waals surface area contributed by atoms with Gasteiger partial charge in [0.25, 0.3) is 5.91 Å². The van der Waals surface area contributed by atoms with Gasteiger partial charge >= 0.3 is 0 Å². The lowest BCUT2D eigenvalue weighted by Crippen LogP contribution is -2.18. The Morgan fingerprint density at radius 3 is 2.47 bits per heavy atom. The third-order valence-electron chi connectivity index (χ3n) is 4.56. The van der Waals surface area contributed by atoms with Gasteiger partial charge in [0.1, 0.15) is 5.00 Å². The summed E-state index contributed by atoms with van der Waals surface area (Å²) in [6.45, 7) is 9.24. The van der Waals surface area contributed by atoms with Crippen molar-refractivity contribution in [3.05, 3.63) is 46.8 Å². The van der Waals surface area contributed by atoms with E-state index in [0.29, 0.717) is 22.3 Å². The minimum Gasteiger partial charge on any atom is -0.366 e. The standard InChI is InChI=1S/C21H25N5O2S2/c1-5-26-18(13-6-8-14(9-7-13)21(2,3)4)24-25-20(26)30-12-16(27)23-19-15(17(22)28)10-11-29-19/h6-11H,5,12H2,1-4H3,(H2,22,28)(H,23,27). The molecule has 0 aliphatic carbocycles. The van der Waals surface area contributed by atoms with Crippen LogP contribution in [0, 0.1) is 0 Å². The Hall–Kier alpha value is -2.65. The zero-order valence-electron chi connectivity index (χ0n) is 17.4. The van der Waals surface area contributed by atoms with Crippen molar-refractivity contribution in [3.8, 4) is 11.4 Å². The Morgan fingerprint density at radius 2 is 1.87 bits per heavy atom. The minimum atomic E-state index is -0.563. The van der Waals surface area contributed by atoms with Crippen LogP contribution in [0.2, 0.25) is 0 Å².